The first-order chi connectivity index (χ1) is 13.0. The highest BCUT2D eigenvalue weighted by molar-refractivity contribution is 9.11. The summed E-state index contributed by atoms with van der Waals surface area (Å²) in [4.78, 5) is 24.0. The predicted octanol–water partition coefficient (Wildman–Crippen LogP) is 6.27. The molecule has 0 N–H and O–H groups in total. The second kappa shape index (κ2) is 8.57. The number of halogens is 6. The Hall–Kier alpha value is -2.00. The summed E-state index contributed by atoms with van der Waals surface area (Å²) >= 11 is 5.71. The van der Waals surface area contributed by atoms with Crippen molar-refractivity contribution in [3.8, 4) is 0 Å². The minimum absolute atomic E-state index is 0.0350. The highest BCUT2D eigenvalue weighted by Gasteiger charge is 2.36. The number of benzene rings is 2. The second-order valence-corrected chi connectivity index (χ2v) is 7.40. The minimum Gasteiger partial charge on any atom is -0.465 e. The molecule has 0 radical (unpaired) electrons. The quantitative estimate of drug-likeness (QED) is 0.156. The molecule has 9 heteroatoms. The summed E-state index contributed by atoms with van der Waals surface area (Å²) in [5.41, 5.74) is -1.07. The molecule has 0 aromatic heterocycles. The molecule has 0 heterocycles. The first kappa shape index (κ1) is 22.3. The van der Waals surface area contributed by atoms with Gasteiger partial charge in [-0.05, 0) is 80.3 Å². The largest absolute Gasteiger partial charge is 0.465 e. The topological polar surface area (TPSA) is 43.4 Å². The van der Waals surface area contributed by atoms with E-state index in [1.807, 2.05) is 0 Å². The Morgan fingerprint density at radius 3 is 2.07 bits per heavy atom. The van der Waals surface area contributed by atoms with Crippen molar-refractivity contribution in [2.75, 3.05) is 7.11 Å². The van der Waals surface area contributed by atoms with Crippen LogP contribution in [0, 0.1) is 12.7 Å². The van der Waals surface area contributed by atoms with Gasteiger partial charge in [0, 0.05) is 5.56 Å². The standard InChI is InChI=1S/C19H12Br2F4O3/c1-9-5-10(3-4-12(9)18(27)28-2)16(26)8-13(19(23,24)25)11-6-14(20)17(22)15(21)7-11/h3-8H,1-2H3. The van der Waals surface area contributed by atoms with Crippen molar-refractivity contribution in [3.63, 3.8) is 0 Å². The molecule has 0 saturated heterocycles. The number of carbonyl (C=O) groups excluding carboxylic acids is 2. The second-order valence-electron chi connectivity index (χ2n) is 5.70. The van der Waals surface area contributed by atoms with E-state index < -0.39 is 29.3 Å². The number of esters is 1. The summed E-state index contributed by atoms with van der Waals surface area (Å²) in [5, 5.41) is 0. The average molecular weight is 524 g/mol. The number of hydrogen-bond acceptors (Lipinski definition) is 3. The number of methoxy groups -OCH3 is 1. The fraction of sp³-hybridized carbons (Fsp3) is 0.158. The van der Waals surface area contributed by atoms with E-state index in [-0.39, 0.29) is 25.6 Å². The van der Waals surface area contributed by atoms with E-state index >= 15 is 0 Å². The molecule has 28 heavy (non-hydrogen) atoms. The Kier molecular flexibility index (Phi) is 6.82. The van der Waals surface area contributed by atoms with E-state index in [4.69, 9.17) is 0 Å². The zero-order valence-electron chi connectivity index (χ0n) is 14.5. The first-order valence-corrected chi connectivity index (χ1v) is 9.21. The molecule has 0 aliphatic rings. The summed E-state index contributed by atoms with van der Waals surface area (Å²) in [7, 11) is 1.19. The lowest BCUT2D eigenvalue weighted by Gasteiger charge is -2.13. The molecular formula is C19H12Br2F4O3. The molecule has 3 nitrogen and oxygen atoms in total. The molecule has 2 rings (SSSR count). The molecule has 0 aliphatic carbocycles. The van der Waals surface area contributed by atoms with Gasteiger partial charge in [0.05, 0.1) is 27.2 Å². The number of alkyl halides is 3. The van der Waals surface area contributed by atoms with Gasteiger partial charge in [0.1, 0.15) is 0 Å². The number of hydrogen-bond donors (Lipinski definition) is 0. The molecule has 0 saturated carbocycles. The van der Waals surface area contributed by atoms with Crippen LogP contribution in [0.1, 0.15) is 31.8 Å². The average Bonchev–Trinajstić information content (AvgIpc) is 2.61. The van der Waals surface area contributed by atoms with Crippen LogP contribution in [0.5, 0.6) is 0 Å². The highest BCUT2D eigenvalue weighted by atomic mass is 79.9. The van der Waals surface area contributed by atoms with Gasteiger partial charge in [0.15, 0.2) is 11.6 Å². The fourth-order valence-electron chi connectivity index (χ4n) is 2.41. The van der Waals surface area contributed by atoms with Crippen LogP contribution in [0.15, 0.2) is 45.4 Å². The van der Waals surface area contributed by atoms with Gasteiger partial charge in [0.2, 0.25) is 0 Å². The van der Waals surface area contributed by atoms with Crippen LogP contribution in [0.25, 0.3) is 5.57 Å². The Balaban J connectivity index is 2.53. The summed E-state index contributed by atoms with van der Waals surface area (Å²) < 4.78 is 58.5. The lowest BCUT2D eigenvalue weighted by Crippen LogP contribution is -2.13. The van der Waals surface area contributed by atoms with Crippen molar-refractivity contribution in [1.29, 1.82) is 0 Å². The number of allylic oxidation sites excluding steroid dienone is 2. The van der Waals surface area contributed by atoms with Crippen LogP contribution in [0.3, 0.4) is 0 Å². The third kappa shape index (κ3) is 4.88. The maximum absolute atomic E-state index is 13.7. The number of ketones is 1. The van der Waals surface area contributed by atoms with Crippen LogP contribution in [0.2, 0.25) is 0 Å². The molecule has 0 aliphatic heterocycles. The first-order valence-electron chi connectivity index (χ1n) is 7.62. The van der Waals surface area contributed by atoms with Crippen LogP contribution in [0.4, 0.5) is 17.6 Å². The molecule has 2 aromatic rings. The third-order valence-electron chi connectivity index (χ3n) is 3.79. The van der Waals surface area contributed by atoms with Crippen molar-refractivity contribution in [1.82, 2.24) is 0 Å². The predicted molar refractivity (Wildman–Crippen MR) is 103 cm³/mol. The maximum atomic E-state index is 13.7. The van der Waals surface area contributed by atoms with Gasteiger partial charge in [-0.25, -0.2) is 9.18 Å². The van der Waals surface area contributed by atoms with E-state index in [9.17, 15) is 27.2 Å². The summed E-state index contributed by atoms with van der Waals surface area (Å²) in [5.74, 6) is -2.29. The lowest BCUT2D eigenvalue weighted by atomic mass is 9.99. The smallest absolute Gasteiger partial charge is 0.417 e. The number of carbonyl (C=O) groups is 2. The van der Waals surface area contributed by atoms with Gasteiger partial charge in [-0.3, -0.25) is 4.79 Å². The Morgan fingerprint density at radius 2 is 1.61 bits per heavy atom. The minimum atomic E-state index is -4.85. The fourth-order valence-corrected chi connectivity index (χ4v) is 3.60. The zero-order valence-corrected chi connectivity index (χ0v) is 17.6. The number of ether oxygens (including phenoxy) is 1. The molecule has 148 valence electrons. The SMILES string of the molecule is COC(=O)c1ccc(C(=O)C=C(c2cc(Br)c(F)c(Br)c2)C(F)(F)F)cc1C. The van der Waals surface area contributed by atoms with Gasteiger partial charge in [-0.2, -0.15) is 13.2 Å². The highest BCUT2D eigenvalue weighted by Crippen LogP contribution is 2.37. The summed E-state index contributed by atoms with van der Waals surface area (Å²) in [6.07, 6.45) is -4.41. The number of aryl methyl sites for hydroxylation is 1. The van der Waals surface area contributed by atoms with E-state index in [1.165, 1.54) is 32.2 Å². The molecule has 0 unspecified atom stereocenters. The van der Waals surface area contributed by atoms with E-state index in [1.54, 1.807) is 0 Å². The van der Waals surface area contributed by atoms with E-state index in [2.05, 4.69) is 36.6 Å². The molecule has 0 amide bonds. The monoisotopic (exact) mass is 522 g/mol. The summed E-state index contributed by atoms with van der Waals surface area (Å²) in [6.45, 7) is 1.53. The normalized spacial score (nSPS) is 12.1. The Morgan fingerprint density at radius 1 is 1.04 bits per heavy atom. The molecule has 0 fully saturated rings. The third-order valence-corrected chi connectivity index (χ3v) is 4.95. The maximum Gasteiger partial charge on any atom is 0.417 e. The van der Waals surface area contributed by atoms with Crippen LogP contribution in [-0.2, 0) is 4.74 Å². The Labute approximate surface area is 174 Å². The van der Waals surface area contributed by atoms with E-state index in [0.29, 0.717) is 11.6 Å². The van der Waals surface area contributed by atoms with Gasteiger partial charge in [-0.1, -0.05) is 6.07 Å². The lowest BCUT2D eigenvalue weighted by molar-refractivity contribution is -0.0690. The van der Waals surface area contributed by atoms with Crippen molar-refractivity contribution in [2.45, 2.75) is 13.1 Å². The van der Waals surface area contributed by atoms with Crippen molar-refractivity contribution >= 4 is 49.2 Å². The van der Waals surface area contributed by atoms with Crippen LogP contribution in [-0.4, -0.2) is 25.0 Å². The van der Waals surface area contributed by atoms with E-state index in [0.717, 1.165) is 12.1 Å². The molecule has 0 bridgehead atoms. The molecular weight excluding hydrogens is 512 g/mol. The van der Waals surface area contributed by atoms with Crippen LogP contribution < -0.4 is 0 Å². The van der Waals surface area contributed by atoms with Crippen molar-refractivity contribution in [2.24, 2.45) is 0 Å². The van der Waals surface area contributed by atoms with Gasteiger partial charge >= 0.3 is 12.1 Å². The van der Waals surface area contributed by atoms with Gasteiger partial charge in [-0.15, -0.1) is 0 Å². The zero-order chi connectivity index (χ0) is 21.2. The molecule has 0 atom stereocenters. The number of rotatable bonds is 4. The Bertz CT molecular complexity index is 959. The molecule has 0 spiro atoms. The van der Waals surface area contributed by atoms with Crippen molar-refractivity contribution < 1.29 is 31.9 Å². The van der Waals surface area contributed by atoms with Crippen molar-refractivity contribution in [3.05, 3.63) is 73.4 Å². The summed E-state index contributed by atoms with van der Waals surface area (Å²) in [6, 6.07) is 5.73. The molecule has 2 aromatic carbocycles. The van der Waals surface area contributed by atoms with Gasteiger partial charge < -0.3 is 4.74 Å². The van der Waals surface area contributed by atoms with Crippen LogP contribution >= 0.6 is 31.9 Å². The van der Waals surface area contributed by atoms with Gasteiger partial charge in [0.25, 0.3) is 0 Å².